The van der Waals surface area contributed by atoms with Gasteiger partial charge in [-0.2, -0.15) is 0 Å². The third-order valence-electron chi connectivity index (χ3n) is 5.17. The molecule has 3 rings (SSSR count). The summed E-state index contributed by atoms with van der Waals surface area (Å²) < 4.78 is 14.2. The molecule has 0 spiro atoms. The van der Waals surface area contributed by atoms with Crippen LogP contribution in [0.1, 0.15) is 49.3 Å². The fourth-order valence-electron chi connectivity index (χ4n) is 4.24. The number of piperidine rings is 1. The summed E-state index contributed by atoms with van der Waals surface area (Å²) in [6.07, 6.45) is 6.49. The van der Waals surface area contributed by atoms with Crippen LogP contribution in [0.15, 0.2) is 18.2 Å². The molecule has 0 radical (unpaired) electrons. The normalized spacial score (nSPS) is 28.4. The van der Waals surface area contributed by atoms with Crippen molar-refractivity contribution in [2.75, 3.05) is 13.1 Å². The lowest BCUT2D eigenvalue weighted by Gasteiger charge is -2.42. The number of nitrogens with two attached hydrogens (primary N) is 1. The van der Waals surface area contributed by atoms with Crippen LogP contribution in [0, 0.1) is 18.7 Å². The maximum Gasteiger partial charge on any atom is 0.128 e. The first kappa shape index (κ1) is 14.0. The van der Waals surface area contributed by atoms with Crippen LogP contribution in [0.2, 0.25) is 0 Å². The first-order chi connectivity index (χ1) is 9.70. The van der Waals surface area contributed by atoms with E-state index < -0.39 is 0 Å². The smallest absolute Gasteiger partial charge is 0.128 e. The second-order valence-electron chi connectivity index (χ2n) is 6.41. The number of fused-ring (bicyclic) bond motifs is 1. The Bertz CT molecular complexity index is 474. The fourth-order valence-corrected chi connectivity index (χ4v) is 4.24. The summed E-state index contributed by atoms with van der Waals surface area (Å²) in [5.74, 6) is 0.705. The van der Waals surface area contributed by atoms with E-state index in [4.69, 9.17) is 5.73 Å². The molecular formula is C17H25FN2. The SMILES string of the molecule is Cc1ccc(F)c(C(CN)N2CCCC3CCCC32)c1. The van der Waals surface area contributed by atoms with Crippen LogP contribution in [0.25, 0.3) is 0 Å². The van der Waals surface area contributed by atoms with Crippen LogP contribution < -0.4 is 5.73 Å². The van der Waals surface area contributed by atoms with E-state index in [0.29, 0.717) is 12.6 Å². The number of halogens is 1. The molecule has 2 nitrogen and oxygen atoms in total. The summed E-state index contributed by atoms with van der Waals surface area (Å²) in [6, 6.07) is 6.06. The van der Waals surface area contributed by atoms with E-state index in [1.807, 2.05) is 19.1 Å². The summed E-state index contributed by atoms with van der Waals surface area (Å²) in [4.78, 5) is 2.50. The molecule has 1 saturated heterocycles. The number of likely N-dealkylation sites (tertiary alicyclic amines) is 1. The first-order valence-electron chi connectivity index (χ1n) is 7.92. The van der Waals surface area contributed by atoms with Gasteiger partial charge in [0, 0.05) is 18.2 Å². The maximum absolute atomic E-state index is 14.2. The molecule has 0 bridgehead atoms. The van der Waals surface area contributed by atoms with Crippen LogP contribution in [-0.4, -0.2) is 24.0 Å². The van der Waals surface area contributed by atoms with E-state index in [1.54, 1.807) is 6.07 Å². The van der Waals surface area contributed by atoms with Crippen LogP contribution >= 0.6 is 0 Å². The molecule has 3 heteroatoms. The summed E-state index contributed by atoms with van der Waals surface area (Å²) in [5, 5.41) is 0. The van der Waals surface area contributed by atoms with Crippen molar-refractivity contribution in [2.45, 2.75) is 51.1 Å². The predicted octanol–water partition coefficient (Wildman–Crippen LogP) is 3.40. The van der Waals surface area contributed by atoms with Crippen molar-refractivity contribution in [3.63, 3.8) is 0 Å². The number of hydrogen-bond donors (Lipinski definition) is 1. The largest absolute Gasteiger partial charge is 0.329 e. The van der Waals surface area contributed by atoms with Crippen molar-refractivity contribution in [3.05, 3.63) is 35.1 Å². The molecule has 2 N–H and O–H groups in total. The molecule has 110 valence electrons. The van der Waals surface area contributed by atoms with Crippen LogP contribution in [-0.2, 0) is 0 Å². The van der Waals surface area contributed by atoms with Crippen molar-refractivity contribution in [1.29, 1.82) is 0 Å². The zero-order valence-corrected chi connectivity index (χ0v) is 12.3. The van der Waals surface area contributed by atoms with Gasteiger partial charge in [-0.25, -0.2) is 4.39 Å². The van der Waals surface area contributed by atoms with Crippen LogP contribution in [0.5, 0.6) is 0 Å². The Kier molecular flexibility index (Phi) is 4.08. The number of rotatable bonds is 3. The van der Waals surface area contributed by atoms with Gasteiger partial charge in [0.05, 0.1) is 6.04 Å². The van der Waals surface area contributed by atoms with Gasteiger partial charge in [-0.15, -0.1) is 0 Å². The number of hydrogen-bond acceptors (Lipinski definition) is 2. The second-order valence-corrected chi connectivity index (χ2v) is 6.41. The quantitative estimate of drug-likeness (QED) is 0.917. The van der Waals surface area contributed by atoms with Crippen molar-refractivity contribution in [3.8, 4) is 0 Å². The summed E-state index contributed by atoms with van der Waals surface area (Å²) in [6.45, 7) is 3.59. The highest BCUT2D eigenvalue weighted by molar-refractivity contribution is 5.27. The second kappa shape index (κ2) is 5.82. The molecule has 0 amide bonds. The van der Waals surface area contributed by atoms with Gasteiger partial charge in [0.1, 0.15) is 5.82 Å². The highest BCUT2D eigenvalue weighted by atomic mass is 19.1. The Morgan fingerprint density at radius 2 is 2.10 bits per heavy atom. The molecule has 1 aliphatic carbocycles. The molecule has 1 aromatic carbocycles. The predicted molar refractivity (Wildman–Crippen MR) is 80.0 cm³/mol. The molecule has 20 heavy (non-hydrogen) atoms. The summed E-state index contributed by atoms with van der Waals surface area (Å²) in [5.41, 5.74) is 7.93. The molecular weight excluding hydrogens is 251 g/mol. The van der Waals surface area contributed by atoms with E-state index in [0.717, 1.165) is 23.6 Å². The summed E-state index contributed by atoms with van der Waals surface area (Å²) >= 11 is 0. The van der Waals surface area contributed by atoms with Crippen LogP contribution in [0.4, 0.5) is 4.39 Å². The lowest BCUT2D eigenvalue weighted by molar-refractivity contribution is 0.0686. The van der Waals surface area contributed by atoms with E-state index in [-0.39, 0.29) is 11.9 Å². The highest BCUT2D eigenvalue weighted by Gasteiger charge is 2.38. The van der Waals surface area contributed by atoms with E-state index in [1.165, 1.54) is 32.1 Å². The average molecular weight is 276 g/mol. The molecule has 1 aromatic rings. The minimum atomic E-state index is -0.105. The third-order valence-corrected chi connectivity index (χ3v) is 5.17. The highest BCUT2D eigenvalue weighted by Crippen LogP contribution is 2.40. The lowest BCUT2D eigenvalue weighted by atomic mass is 9.89. The van der Waals surface area contributed by atoms with E-state index in [2.05, 4.69) is 4.90 Å². The van der Waals surface area contributed by atoms with Gasteiger partial charge in [-0.05, 0) is 51.1 Å². The van der Waals surface area contributed by atoms with Gasteiger partial charge in [-0.1, -0.05) is 24.1 Å². The van der Waals surface area contributed by atoms with Crippen molar-refractivity contribution >= 4 is 0 Å². The van der Waals surface area contributed by atoms with Crippen LogP contribution in [0.3, 0.4) is 0 Å². The zero-order valence-electron chi connectivity index (χ0n) is 12.3. The Labute approximate surface area is 121 Å². The maximum atomic E-state index is 14.2. The van der Waals surface area contributed by atoms with Gasteiger partial charge < -0.3 is 5.73 Å². The zero-order chi connectivity index (χ0) is 14.1. The first-order valence-corrected chi connectivity index (χ1v) is 7.92. The lowest BCUT2D eigenvalue weighted by Crippen LogP contribution is -2.47. The fraction of sp³-hybridized carbons (Fsp3) is 0.647. The molecule has 1 saturated carbocycles. The third kappa shape index (κ3) is 2.49. The number of aryl methyl sites for hydroxylation is 1. The molecule has 2 aliphatic rings. The molecule has 1 aliphatic heterocycles. The van der Waals surface area contributed by atoms with E-state index >= 15 is 0 Å². The minimum absolute atomic E-state index is 0.0424. The Balaban J connectivity index is 1.90. The number of nitrogens with zero attached hydrogens (tertiary/aromatic N) is 1. The van der Waals surface area contributed by atoms with Gasteiger partial charge in [0.2, 0.25) is 0 Å². The van der Waals surface area contributed by atoms with Gasteiger partial charge in [0.25, 0.3) is 0 Å². The number of benzene rings is 1. The van der Waals surface area contributed by atoms with Crippen molar-refractivity contribution in [2.24, 2.45) is 11.7 Å². The van der Waals surface area contributed by atoms with Crippen molar-refractivity contribution < 1.29 is 4.39 Å². The monoisotopic (exact) mass is 276 g/mol. The summed E-state index contributed by atoms with van der Waals surface area (Å²) in [7, 11) is 0. The van der Waals surface area contributed by atoms with Gasteiger partial charge in [0.15, 0.2) is 0 Å². The topological polar surface area (TPSA) is 29.3 Å². The molecule has 0 aromatic heterocycles. The Hall–Kier alpha value is -0.930. The Morgan fingerprint density at radius 1 is 1.30 bits per heavy atom. The molecule has 1 heterocycles. The molecule has 3 unspecified atom stereocenters. The average Bonchev–Trinajstić information content (AvgIpc) is 2.92. The van der Waals surface area contributed by atoms with Crippen molar-refractivity contribution in [1.82, 2.24) is 4.90 Å². The standard InChI is InChI=1S/C17H25FN2/c1-12-7-8-15(18)14(10-12)17(11-19)20-9-3-5-13-4-2-6-16(13)20/h7-8,10,13,16-17H,2-6,9,11,19H2,1H3. The molecule has 3 atom stereocenters. The Morgan fingerprint density at radius 3 is 2.90 bits per heavy atom. The van der Waals surface area contributed by atoms with Gasteiger partial charge in [-0.3, -0.25) is 4.90 Å². The van der Waals surface area contributed by atoms with E-state index in [9.17, 15) is 4.39 Å². The van der Waals surface area contributed by atoms with Gasteiger partial charge >= 0.3 is 0 Å². The molecule has 2 fully saturated rings. The minimum Gasteiger partial charge on any atom is -0.329 e.